The zero-order chi connectivity index (χ0) is 25.2. The summed E-state index contributed by atoms with van der Waals surface area (Å²) in [7, 11) is 0. The van der Waals surface area contributed by atoms with E-state index in [1.165, 1.54) is 11.1 Å². The van der Waals surface area contributed by atoms with Gasteiger partial charge in [0, 0.05) is 37.1 Å². The molecule has 6 heteroatoms. The molecule has 36 heavy (non-hydrogen) atoms. The second-order valence-electron chi connectivity index (χ2n) is 10.1. The van der Waals surface area contributed by atoms with E-state index in [2.05, 4.69) is 67.3 Å². The number of hydrogen-bond acceptors (Lipinski definition) is 6. The molecule has 1 aliphatic heterocycles. The summed E-state index contributed by atoms with van der Waals surface area (Å²) in [5.74, 6) is 1.19. The standard InChI is InChI=1S/C30H33N3O3/c1-19-6-10-21(11-7-19)28-29(22-12-8-20(2)9-13-22)32-30-26(31-28)16-25(35)18-33(30)14-4-3-5-23-15-24(34)17-27(23)36/h6-13,25,35-36H,3-5,14-18H2,1-2H3. The summed E-state index contributed by atoms with van der Waals surface area (Å²) < 4.78 is 0. The average molecular weight is 484 g/mol. The first-order chi connectivity index (χ1) is 17.4. The SMILES string of the molecule is Cc1ccc(-c2nc3c(nc2-c2ccc(C)cc2)N(CCCCC2=C(O)CC(=O)C2)CC(O)C3)cc1. The smallest absolute Gasteiger partial charge is 0.151 e. The molecule has 1 aromatic heterocycles. The second-order valence-corrected chi connectivity index (χ2v) is 10.1. The Kier molecular flexibility index (Phi) is 6.88. The van der Waals surface area contributed by atoms with E-state index in [4.69, 9.17) is 9.97 Å². The van der Waals surface area contributed by atoms with Gasteiger partial charge in [-0.05, 0) is 38.7 Å². The van der Waals surface area contributed by atoms with Crippen molar-refractivity contribution in [2.75, 3.05) is 18.0 Å². The molecule has 3 aromatic rings. The Morgan fingerprint density at radius 1 is 0.889 bits per heavy atom. The van der Waals surface area contributed by atoms with Crippen LogP contribution in [0.1, 0.15) is 48.9 Å². The summed E-state index contributed by atoms with van der Waals surface area (Å²) in [6.45, 7) is 5.40. The Balaban J connectivity index is 1.44. The van der Waals surface area contributed by atoms with Gasteiger partial charge in [0.25, 0.3) is 0 Å². The molecule has 2 heterocycles. The minimum absolute atomic E-state index is 0.0962. The maximum Gasteiger partial charge on any atom is 0.151 e. The summed E-state index contributed by atoms with van der Waals surface area (Å²) >= 11 is 0. The van der Waals surface area contributed by atoms with Crippen LogP contribution in [0.4, 0.5) is 5.82 Å². The number of rotatable bonds is 7. The monoisotopic (exact) mass is 483 g/mol. The lowest BCUT2D eigenvalue weighted by Gasteiger charge is -2.33. The number of carbonyl (C=O) groups excluding carboxylic acids is 1. The normalized spacial score (nSPS) is 17.6. The van der Waals surface area contributed by atoms with Crippen LogP contribution in [0.15, 0.2) is 59.9 Å². The van der Waals surface area contributed by atoms with E-state index in [1.807, 2.05) is 0 Å². The van der Waals surface area contributed by atoms with Crippen molar-refractivity contribution in [2.24, 2.45) is 0 Å². The lowest BCUT2D eigenvalue weighted by Crippen LogP contribution is -2.40. The third-order valence-corrected chi connectivity index (χ3v) is 7.10. The molecule has 2 aromatic carbocycles. The summed E-state index contributed by atoms with van der Waals surface area (Å²) in [5.41, 5.74) is 7.79. The van der Waals surface area contributed by atoms with Gasteiger partial charge < -0.3 is 15.1 Å². The predicted octanol–water partition coefficient (Wildman–Crippen LogP) is 5.50. The average Bonchev–Trinajstić information content (AvgIpc) is 3.18. The highest BCUT2D eigenvalue weighted by atomic mass is 16.3. The number of aliphatic hydroxyl groups is 2. The number of aliphatic hydroxyl groups excluding tert-OH is 2. The van der Waals surface area contributed by atoms with Gasteiger partial charge in [-0.2, -0.15) is 0 Å². The topological polar surface area (TPSA) is 86.5 Å². The number of fused-ring (bicyclic) bond motifs is 1. The summed E-state index contributed by atoms with van der Waals surface area (Å²) in [5, 5.41) is 20.6. The van der Waals surface area contributed by atoms with Crippen molar-refractivity contribution in [1.82, 2.24) is 9.97 Å². The number of ketones is 1. The van der Waals surface area contributed by atoms with Crippen molar-refractivity contribution < 1.29 is 15.0 Å². The summed E-state index contributed by atoms with van der Waals surface area (Å²) in [4.78, 5) is 24.0. The van der Waals surface area contributed by atoms with Gasteiger partial charge in [0.05, 0.1) is 35.4 Å². The fraction of sp³-hybridized carbons (Fsp3) is 0.367. The molecule has 0 saturated carbocycles. The number of β-amino-alcohol motifs (C(OH)–C–C–N with tert-alkyl or cyclic N) is 1. The summed E-state index contributed by atoms with van der Waals surface area (Å²) in [6, 6.07) is 16.7. The first-order valence-corrected chi connectivity index (χ1v) is 12.8. The van der Waals surface area contributed by atoms with E-state index in [9.17, 15) is 15.0 Å². The molecule has 2 N–H and O–H groups in total. The highest BCUT2D eigenvalue weighted by Gasteiger charge is 2.28. The highest BCUT2D eigenvalue weighted by Crippen LogP contribution is 2.35. The molecule has 0 bridgehead atoms. The number of benzene rings is 2. The van der Waals surface area contributed by atoms with Crippen LogP contribution in [0.5, 0.6) is 0 Å². The van der Waals surface area contributed by atoms with Gasteiger partial charge in [0.1, 0.15) is 5.78 Å². The molecule has 6 nitrogen and oxygen atoms in total. The van der Waals surface area contributed by atoms with E-state index in [-0.39, 0.29) is 18.0 Å². The molecular formula is C30H33N3O3. The predicted molar refractivity (Wildman–Crippen MR) is 142 cm³/mol. The maximum absolute atomic E-state index is 11.6. The zero-order valence-corrected chi connectivity index (χ0v) is 21.0. The number of aryl methyl sites for hydroxylation is 2. The molecule has 186 valence electrons. The number of aromatic nitrogens is 2. The van der Waals surface area contributed by atoms with Crippen LogP contribution in [-0.2, 0) is 11.2 Å². The van der Waals surface area contributed by atoms with Crippen LogP contribution >= 0.6 is 0 Å². The van der Waals surface area contributed by atoms with Crippen molar-refractivity contribution in [1.29, 1.82) is 0 Å². The van der Waals surface area contributed by atoms with Gasteiger partial charge in [0.15, 0.2) is 5.82 Å². The quantitative estimate of drug-likeness (QED) is 0.432. The number of unbranched alkanes of at least 4 members (excludes halogenated alkanes) is 1. The molecule has 1 aliphatic carbocycles. The molecule has 0 saturated heterocycles. The van der Waals surface area contributed by atoms with Gasteiger partial charge in [-0.1, -0.05) is 59.7 Å². The maximum atomic E-state index is 11.6. The summed E-state index contributed by atoms with van der Waals surface area (Å²) in [6.07, 6.45) is 3.02. The van der Waals surface area contributed by atoms with Crippen molar-refractivity contribution in [3.05, 3.63) is 76.7 Å². The van der Waals surface area contributed by atoms with Gasteiger partial charge in [-0.25, -0.2) is 9.97 Å². The van der Waals surface area contributed by atoms with Crippen LogP contribution < -0.4 is 4.90 Å². The van der Waals surface area contributed by atoms with Crippen molar-refractivity contribution >= 4 is 11.6 Å². The number of carbonyl (C=O) groups is 1. The number of hydrogen-bond donors (Lipinski definition) is 2. The number of Topliss-reactive ketones (excluding diaryl/α,β-unsaturated/α-hetero) is 1. The molecule has 0 radical (unpaired) electrons. The molecule has 0 fully saturated rings. The minimum atomic E-state index is -0.498. The Labute approximate surface area is 212 Å². The van der Waals surface area contributed by atoms with E-state index in [0.29, 0.717) is 19.4 Å². The first kappa shape index (κ1) is 24.2. The van der Waals surface area contributed by atoms with Crippen molar-refractivity contribution in [2.45, 2.75) is 58.5 Å². The van der Waals surface area contributed by atoms with Crippen LogP contribution in [0.3, 0.4) is 0 Å². The van der Waals surface area contributed by atoms with Gasteiger partial charge in [-0.15, -0.1) is 0 Å². The fourth-order valence-corrected chi connectivity index (χ4v) is 5.09. The van der Waals surface area contributed by atoms with Crippen LogP contribution in [0, 0.1) is 13.8 Å². The Morgan fingerprint density at radius 2 is 1.50 bits per heavy atom. The first-order valence-electron chi connectivity index (χ1n) is 12.8. The van der Waals surface area contributed by atoms with Crippen LogP contribution in [0.25, 0.3) is 22.5 Å². The van der Waals surface area contributed by atoms with E-state index >= 15 is 0 Å². The number of nitrogens with zero attached hydrogens (tertiary/aromatic N) is 3. The Hall–Kier alpha value is -3.51. The largest absolute Gasteiger partial charge is 0.512 e. The number of allylic oxidation sites excluding steroid dienone is 2. The molecular weight excluding hydrogens is 450 g/mol. The lowest BCUT2D eigenvalue weighted by atomic mass is 10.00. The molecule has 1 atom stereocenters. The Morgan fingerprint density at radius 3 is 2.08 bits per heavy atom. The molecule has 0 spiro atoms. The van der Waals surface area contributed by atoms with E-state index in [0.717, 1.165) is 65.4 Å². The Bertz CT molecular complexity index is 1300. The van der Waals surface area contributed by atoms with Gasteiger partial charge >= 0.3 is 0 Å². The molecule has 0 amide bonds. The van der Waals surface area contributed by atoms with Crippen LogP contribution in [0.2, 0.25) is 0 Å². The number of anilines is 1. The third-order valence-electron chi connectivity index (χ3n) is 7.10. The highest BCUT2D eigenvalue weighted by molar-refractivity contribution is 5.86. The minimum Gasteiger partial charge on any atom is -0.512 e. The van der Waals surface area contributed by atoms with Gasteiger partial charge in [-0.3, -0.25) is 4.79 Å². The second kappa shape index (κ2) is 10.2. The fourth-order valence-electron chi connectivity index (χ4n) is 5.09. The van der Waals surface area contributed by atoms with Crippen LogP contribution in [-0.4, -0.2) is 45.2 Å². The van der Waals surface area contributed by atoms with Gasteiger partial charge in [0.2, 0.25) is 0 Å². The van der Waals surface area contributed by atoms with Crippen molar-refractivity contribution in [3.63, 3.8) is 0 Å². The van der Waals surface area contributed by atoms with E-state index in [1.54, 1.807) is 0 Å². The molecule has 5 rings (SSSR count). The zero-order valence-electron chi connectivity index (χ0n) is 21.0. The van der Waals surface area contributed by atoms with Crippen molar-refractivity contribution in [3.8, 4) is 22.5 Å². The van der Waals surface area contributed by atoms with E-state index < -0.39 is 6.10 Å². The molecule has 2 aliphatic rings. The lowest BCUT2D eigenvalue weighted by molar-refractivity contribution is -0.117. The molecule has 1 unspecified atom stereocenters. The third kappa shape index (κ3) is 5.19.